The van der Waals surface area contributed by atoms with E-state index in [0.717, 1.165) is 16.9 Å². The van der Waals surface area contributed by atoms with Crippen LogP contribution in [0.25, 0.3) is 0 Å². The highest BCUT2D eigenvalue weighted by atomic mass is 32.2. The maximum atomic E-state index is 12.7. The lowest BCUT2D eigenvalue weighted by molar-refractivity contribution is -0.121. The number of carbonyl (C=O) groups excluding carboxylic acids is 1. The Morgan fingerprint density at radius 3 is 2.47 bits per heavy atom. The van der Waals surface area contributed by atoms with Gasteiger partial charge in [0.25, 0.3) is 0 Å². The fourth-order valence-corrected chi connectivity index (χ4v) is 4.85. The highest BCUT2D eigenvalue weighted by Gasteiger charge is 2.26. The molecule has 0 saturated carbocycles. The van der Waals surface area contributed by atoms with Crippen LogP contribution in [0.5, 0.6) is 5.75 Å². The number of morpholine rings is 1. The fraction of sp³-hybridized carbons (Fsp3) is 0.409. The maximum absolute atomic E-state index is 12.7. The second-order valence-corrected chi connectivity index (χ2v) is 9.13. The summed E-state index contributed by atoms with van der Waals surface area (Å²) in [6, 6.07) is 14.2. The number of ether oxygens (including phenoxy) is 2. The van der Waals surface area contributed by atoms with E-state index in [0.29, 0.717) is 39.1 Å². The lowest BCUT2D eigenvalue weighted by Gasteiger charge is -2.26. The number of amides is 1. The van der Waals surface area contributed by atoms with Crippen LogP contribution >= 0.6 is 0 Å². The summed E-state index contributed by atoms with van der Waals surface area (Å²) >= 11 is 0. The molecule has 0 bridgehead atoms. The highest BCUT2D eigenvalue weighted by molar-refractivity contribution is 7.89. The minimum Gasteiger partial charge on any atom is -0.496 e. The van der Waals surface area contributed by atoms with E-state index in [1.54, 1.807) is 31.4 Å². The number of methoxy groups -OCH3 is 1. The van der Waals surface area contributed by atoms with Gasteiger partial charge in [0.05, 0.1) is 31.3 Å². The van der Waals surface area contributed by atoms with Gasteiger partial charge in [-0.25, -0.2) is 8.42 Å². The van der Waals surface area contributed by atoms with Crippen molar-refractivity contribution in [1.82, 2.24) is 9.62 Å². The molecule has 1 amide bonds. The SMILES string of the molecule is COc1ccccc1C(C)NC(=O)CCc1ccc(S(=O)(=O)N2CCOCC2)cc1. The van der Waals surface area contributed by atoms with Crippen molar-refractivity contribution in [3.8, 4) is 5.75 Å². The van der Waals surface area contributed by atoms with Crippen LogP contribution in [0.4, 0.5) is 0 Å². The van der Waals surface area contributed by atoms with Crippen LogP contribution < -0.4 is 10.1 Å². The Kier molecular flexibility index (Phi) is 7.47. The standard InChI is InChI=1S/C22H28N2O5S/c1-17(20-5-3-4-6-21(20)28-2)23-22(25)12-9-18-7-10-19(11-8-18)30(26,27)24-13-15-29-16-14-24/h3-8,10-11,17H,9,12-16H2,1-2H3,(H,23,25). The van der Waals surface area contributed by atoms with E-state index in [9.17, 15) is 13.2 Å². The molecule has 2 aromatic rings. The van der Waals surface area contributed by atoms with Crippen molar-refractivity contribution in [2.24, 2.45) is 0 Å². The van der Waals surface area contributed by atoms with E-state index in [1.165, 1.54) is 4.31 Å². The Bertz CT molecular complexity index is 954. The third-order valence-corrected chi connectivity index (χ3v) is 7.07. The molecule has 1 N–H and O–H groups in total. The summed E-state index contributed by atoms with van der Waals surface area (Å²) < 4.78 is 37.4. The highest BCUT2D eigenvalue weighted by Crippen LogP contribution is 2.24. The van der Waals surface area contributed by atoms with Gasteiger partial charge < -0.3 is 14.8 Å². The lowest BCUT2D eigenvalue weighted by Crippen LogP contribution is -2.40. The van der Waals surface area contributed by atoms with E-state index in [1.807, 2.05) is 31.2 Å². The molecule has 162 valence electrons. The van der Waals surface area contributed by atoms with Crippen LogP contribution in [-0.4, -0.2) is 52.0 Å². The number of carbonyl (C=O) groups is 1. The number of nitrogens with zero attached hydrogens (tertiary/aromatic N) is 1. The summed E-state index contributed by atoms with van der Waals surface area (Å²) in [7, 11) is -1.89. The molecule has 1 saturated heterocycles. The summed E-state index contributed by atoms with van der Waals surface area (Å²) in [5.74, 6) is 0.667. The largest absolute Gasteiger partial charge is 0.496 e. The second-order valence-electron chi connectivity index (χ2n) is 7.19. The van der Waals surface area contributed by atoms with Gasteiger partial charge in [0.2, 0.25) is 15.9 Å². The number of nitrogens with one attached hydrogen (secondary N) is 1. The van der Waals surface area contributed by atoms with Crippen LogP contribution in [0.15, 0.2) is 53.4 Å². The fourth-order valence-electron chi connectivity index (χ4n) is 3.44. The predicted octanol–water partition coefficient (Wildman–Crippen LogP) is 2.53. The van der Waals surface area contributed by atoms with Gasteiger partial charge in [0, 0.05) is 25.1 Å². The van der Waals surface area contributed by atoms with E-state index in [2.05, 4.69) is 5.32 Å². The molecular weight excluding hydrogens is 404 g/mol. The molecule has 7 nitrogen and oxygen atoms in total. The Hall–Kier alpha value is -2.42. The number of benzene rings is 2. The zero-order chi connectivity index (χ0) is 21.6. The summed E-state index contributed by atoms with van der Waals surface area (Å²) in [5.41, 5.74) is 1.84. The minimum atomic E-state index is -3.50. The number of hydrogen-bond acceptors (Lipinski definition) is 5. The first-order valence-electron chi connectivity index (χ1n) is 10.0. The minimum absolute atomic E-state index is 0.0709. The second kappa shape index (κ2) is 10.1. The molecule has 30 heavy (non-hydrogen) atoms. The van der Waals surface area contributed by atoms with Gasteiger partial charge in [0.1, 0.15) is 5.75 Å². The molecule has 1 unspecified atom stereocenters. The van der Waals surface area contributed by atoms with Crippen LogP contribution in [-0.2, 0) is 26.0 Å². The summed E-state index contributed by atoms with van der Waals surface area (Å²) in [6.45, 7) is 3.49. The first-order valence-corrected chi connectivity index (χ1v) is 11.4. The van der Waals surface area contributed by atoms with E-state index in [-0.39, 0.29) is 16.8 Å². The monoisotopic (exact) mass is 432 g/mol. The van der Waals surface area contributed by atoms with Gasteiger partial charge in [-0.3, -0.25) is 4.79 Å². The Morgan fingerprint density at radius 2 is 1.80 bits per heavy atom. The van der Waals surface area contributed by atoms with Crippen LogP contribution in [0, 0.1) is 0 Å². The van der Waals surface area contributed by atoms with Crippen LogP contribution in [0.1, 0.15) is 30.5 Å². The number of para-hydroxylation sites is 1. The predicted molar refractivity (Wildman–Crippen MR) is 114 cm³/mol. The molecule has 1 aliphatic heterocycles. The van der Waals surface area contributed by atoms with Gasteiger partial charge in [-0.2, -0.15) is 4.31 Å². The van der Waals surface area contributed by atoms with Gasteiger partial charge in [-0.1, -0.05) is 30.3 Å². The van der Waals surface area contributed by atoms with Gasteiger partial charge in [-0.15, -0.1) is 0 Å². The van der Waals surface area contributed by atoms with Crippen molar-refractivity contribution in [2.45, 2.75) is 30.7 Å². The molecule has 3 rings (SSSR count). The summed E-state index contributed by atoms with van der Waals surface area (Å²) in [6.07, 6.45) is 0.845. The molecule has 1 aliphatic rings. The van der Waals surface area contributed by atoms with Crippen LogP contribution in [0.3, 0.4) is 0 Å². The molecule has 1 fully saturated rings. The maximum Gasteiger partial charge on any atom is 0.243 e. The number of rotatable bonds is 8. The third-order valence-electron chi connectivity index (χ3n) is 5.15. The molecule has 8 heteroatoms. The van der Waals surface area contributed by atoms with E-state index >= 15 is 0 Å². The first kappa shape index (κ1) is 22.3. The molecule has 0 spiro atoms. The molecule has 0 radical (unpaired) electrons. The molecule has 2 aromatic carbocycles. The van der Waals surface area contributed by atoms with Gasteiger partial charge >= 0.3 is 0 Å². The number of sulfonamides is 1. The molecule has 1 heterocycles. The molecule has 1 atom stereocenters. The summed E-state index contributed by atoms with van der Waals surface area (Å²) in [4.78, 5) is 12.6. The Morgan fingerprint density at radius 1 is 1.13 bits per heavy atom. The average Bonchev–Trinajstić information content (AvgIpc) is 2.78. The van der Waals surface area contributed by atoms with Gasteiger partial charge in [-0.05, 0) is 37.1 Å². The molecule has 0 aliphatic carbocycles. The van der Waals surface area contributed by atoms with Crippen molar-refractivity contribution in [3.05, 3.63) is 59.7 Å². The summed E-state index contributed by atoms with van der Waals surface area (Å²) in [5, 5.41) is 2.99. The van der Waals surface area contributed by atoms with E-state index < -0.39 is 10.0 Å². The van der Waals surface area contributed by atoms with Crippen molar-refractivity contribution >= 4 is 15.9 Å². The first-order chi connectivity index (χ1) is 14.4. The van der Waals surface area contributed by atoms with E-state index in [4.69, 9.17) is 9.47 Å². The van der Waals surface area contributed by atoms with Crippen molar-refractivity contribution < 1.29 is 22.7 Å². The quantitative estimate of drug-likeness (QED) is 0.693. The Balaban J connectivity index is 1.55. The van der Waals surface area contributed by atoms with Crippen molar-refractivity contribution in [2.75, 3.05) is 33.4 Å². The van der Waals surface area contributed by atoms with Crippen LogP contribution in [0.2, 0.25) is 0 Å². The zero-order valence-electron chi connectivity index (χ0n) is 17.3. The van der Waals surface area contributed by atoms with Gasteiger partial charge in [0.15, 0.2) is 0 Å². The normalized spacial score (nSPS) is 16.1. The topological polar surface area (TPSA) is 84.9 Å². The molecular formula is C22H28N2O5S. The number of aryl methyl sites for hydroxylation is 1. The third kappa shape index (κ3) is 5.38. The smallest absolute Gasteiger partial charge is 0.243 e. The lowest BCUT2D eigenvalue weighted by atomic mass is 10.1. The van der Waals surface area contributed by atoms with Crippen molar-refractivity contribution in [1.29, 1.82) is 0 Å². The zero-order valence-corrected chi connectivity index (χ0v) is 18.2. The number of hydrogen-bond donors (Lipinski definition) is 1. The Labute approximate surface area is 178 Å². The van der Waals surface area contributed by atoms with Crippen molar-refractivity contribution in [3.63, 3.8) is 0 Å². The molecule has 0 aromatic heterocycles. The average molecular weight is 433 g/mol.